The number of nitrogens with two attached hydrogens (primary N) is 1. The van der Waals surface area contributed by atoms with Gasteiger partial charge >= 0.3 is 0 Å². The number of benzene rings is 1. The lowest BCUT2D eigenvalue weighted by Gasteiger charge is -2.26. The van der Waals surface area contributed by atoms with Crippen LogP contribution < -0.4 is 10.6 Å². The van der Waals surface area contributed by atoms with Crippen LogP contribution in [0.4, 0.5) is 5.69 Å². The molecule has 1 heterocycles. The van der Waals surface area contributed by atoms with Gasteiger partial charge in [-0.15, -0.1) is 0 Å². The van der Waals surface area contributed by atoms with Crippen molar-refractivity contribution in [2.75, 3.05) is 18.0 Å². The zero-order chi connectivity index (χ0) is 12.8. The van der Waals surface area contributed by atoms with Crippen LogP contribution in [0.25, 0.3) is 0 Å². The molecule has 18 heavy (non-hydrogen) atoms. The summed E-state index contributed by atoms with van der Waals surface area (Å²) in [6.45, 7) is 4.51. The molecule has 1 aromatic rings. The average molecular weight is 246 g/mol. The lowest BCUT2D eigenvalue weighted by atomic mass is 10.1. The van der Waals surface area contributed by atoms with Crippen molar-refractivity contribution in [2.24, 2.45) is 5.73 Å². The second-order valence-corrected chi connectivity index (χ2v) is 5.41. The topological polar surface area (TPSA) is 29.3 Å². The maximum atomic E-state index is 6.13. The number of rotatable bonds is 5. The molecular weight excluding hydrogens is 220 g/mol. The Kier molecular flexibility index (Phi) is 5.06. The first-order valence-corrected chi connectivity index (χ1v) is 7.39. The van der Waals surface area contributed by atoms with Crippen molar-refractivity contribution in [3.05, 3.63) is 29.8 Å². The Bertz CT molecular complexity index is 362. The van der Waals surface area contributed by atoms with Crippen LogP contribution in [0.1, 0.15) is 44.6 Å². The summed E-state index contributed by atoms with van der Waals surface area (Å²) in [6, 6.07) is 9.23. The molecule has 0 amide bonds. The first kappa shape index (κ1) is 13.4. The van der Waals surface area contributed by atoms with Gasteiger partial charge < -0.3 is 10.6 Å². The monoisotopic (exact) mass is 246 g/mol. The smallest absolute Gasteiger partial charge is 0.0398 e. The molecule has 1 aliphatic rings. The number of fused-ring (bicyclic) bond motifs is 1. The third-order valence-electron chi connectivity index (χ3n) is 3.89. The molecule has 1 aliphatic heterocycles. The van der Waals surface area contributed by atoms with Crippen LogP contribution in [-0.4, -0.2) is 19.1 Å². The quantitative estimate of drug-likeness (QED) is 0.863. The van der Waals surface area contributed by atoms with Crippen LogP contribution >= 0.6 is 0 Å². The van der Waals surface area contributed by atoms with Gasteiger partial charge in [-0.05, 0) is 43.7 Å². The molecule has 100 valence electrons. The van der Waals surface area contributed by atoms with Crippen molar-refractivity contribution in [2.45, 2.75) is 51.5 Å². The SMILES string of the molecule is CCCC(N)CCN1CCCCc2ccccc21. The summed E-state index contributed by atoms with van der Waals surface area (Å²) in [5.74, 6) is 0. The van der Waals surface area contributed by atoms with Crippen LogP contribution in [0, 0.1) is 0 Å². The summed E-state index contributed by atoms with van der Waals surface area (Å²) in [7, 11) is 0. The molecule has 2 nitrogen and oxygen atoms in total. The van der Waals surface area contributed by atoms with Crippen LogP contribution in [0.2, 0.25) is 0 Å². The minimum absolute atomic E-state index is 0.366. The molecular formula is C16H26N2. The van der Waals surface area contributed by atoms with Gasteiger partial charge in [-0.3, -0.25) is 0 Å². The van der Waals surface area contributed by atoms with Gasteiger partial charge in [0.2, 0.25) is 0 Å². The highest BCUT2D eigenvalue weighted by molar-refractivity contribution is 5.54. The summed E-state index contributed by atoms with van der Waals surface area (Å²) in [6.07, 6.45) is 7.30. The van der Waals surface area contributed by atoms with Gasteiger partial charge in [0.1, 0.15) is 0 Å². The molecule has 1 aromatic carbocycles. The van der Waals surface area contributed by atoms with Crippen molar-refractivity contribution in [3.63, 3.8) is 0 Å². The van der Waals surface area contributed by atoms with E-state index in [0.29, 0.717) is 6.04 Å². The zero-order valence-electron chi connectivity index (χ0n) is 11.6. The normalized spacial score (nSPS) is 17.1. The molecule has 0 aliphatic carbocycles. The number of anilines is 1. The Balaban J connectivity index is 1.99. The number of para-hydroxylation sites is 1. The van der Waals surface area contributed by atoms with E-state index in [4.69, 9.17) is 5.73 Å². The lowest BCUT2D eigenvalue weighted by Crippen LogP contribution is -2.31. The molecule has 0 spiro atoms. The lowest BCUT2D eigenvalue weighted by molar-refractivity contribution is 0.550. The van der Waals surface area contributed by atoms with Crippen molar-refractivity contribution in [1.29, 1.82) is 0 Å². The zero-order valence-corrected chi connectivity index (χ0v) is 11.6. The van der Waals surface area contributed by atoms with E-state index in [1.165, 1.54) is 43.5 Å². The summed E-state index contributed by atoms with van der Waals surface area (Å²) in [5, 5.41) is 0. The molecule has 0 aromatic heterocycles. The molecule has 0 saturated heterocycles. The molecule has 2 N–H and O–H groups in total. The second-order valence-electron chi connectivity index (χ2n) is 5.41. The number of aryl methyl sites for hydroxylation is 1. The van der Waals surface area contributed by atoms with E-state index in [-0.39, 0.29) is 0 Å². The van der Waals surface area contributed by atoms with Crippen LogP contribution in [0.5, 0.6) is 0 Å². The Morgan fingerprint density at radius 3 is 2.89 bits per heavy atom. The first-order chi connectivity index (χ1) is 8.81. The summed E-state index contributed by atoms with van der Waals surface area (Å²) < 4.78 is 0. The van der Waals surface area contributed by atoms with E-state index in [2.05, 4.69) is 36.1 Å². The molecule has 1 atom stereocenters. The van der Waals surface area contributed by atoms with Gasteiger partial charge in [-0.1, -0.05) is 31.5 Å². The summed E-state index contributed by atoms with van der Waals surface area (Å²) in [4.78, 5) is 2.54. The summed E-state index contributed by atoms with van der Waals surface area (Å²) in [5.41, 5.74) is 9.09. The van der Waals surface area contributed by atoms with E-state index in [1.807, 2.05) is 0 Å². The summed E-state index contributed by atoms with van der Waals surface area (Å²) >= 11 is 0. The fourth-order valence-electron chi connectivity index (χ4n) is 2.84. The van der Waals surface area contributed by atoms with Gasteiger partial charge in [0, 0.05) is 24.8 Å². The van der Waals surface area contributed by atoms with Gasteiger partial charge in [0.25, 0.3) is 0 Å². The van der Waals surface area contributed by atoms with E-state index in [1.54, 1.807) is 0 Å². The van der Waals surface area contributed by atoms with Gasteiger partial charge in [-0.2, -0.15) is 0 Å². The third-order valence-corrected chi connectivity index (χ3v) is 3.89. The predicted molar refractivity (Wildman–Crippen MR) is 79.1 cm³/mol. The van der Waals surface area contributed by atoms with E-state index in [9.17, 15) is 0 Å². The molecule has 2 heteroatoms. The highest BCUT2D eigenvalue weighted by Crippen LogP contribution is 2.26. The number of hydrogen-bond donors (Lipinski definition) is 1. The first-order valence-electron chi connectivity index (χ1n) is 7.39. The maximum Gasteiger partial charge on any atom is 0.0398 e. The average Bonchev–Trinajstić information content (AvgIpc) is 2.59. The molecule has 0 saturated carbocycles. The minimum Gasteiger partial charge on any atom is -0.371 e. The Morgan fingerprint density at radius 2 is 2.06 bits per heavy atom. The highest BCUT2D eigenvalue weighted by atomic mass is 15.1. The standard InChI is InChI=1S/C16H26N2/c1-2-7-15(17)11-13-18-12-6-5-9-14-8-3-4-10-16(14)18/h3-4,8,10,15H,2,5-7,9,11-13,17H2,1H3. The van der Waals surface area contributed by atoms with E-state index < -0.39 is 0 Å². The number of hydrogen-bond acceptors (Lipinski definition) is 2. The van der Waals surface area contributed by atoms with E-state index in [0.717, 1.165) is 19.4 Å². The van der Waals surface area contributed by atoms with Crippen LogP contribution in [0.3, 0.4) is 0 Å². The Labute approximate surface area is 111 Å². The highest BCUT2D eigenvalue weighted by Gasteiger charge is 2.15. The molecule has 0 fully saturated rings. The minimum atomic E-state index is 0.366. The molecule has 0 radical (unpaired) electrons. The number of nitrogens with zero attached hydrogens (tertiary/aromatic N) is 1. The maximum absolute atomic E-state index is 6.13. The predicted octanol–water partition coefficient (Wildman–Crippen LogP) is 3.35. The second kappa shape index (κ2) is 6.79. The van der Waals surface area contributed by atoms with E-state index >= 15 is 0 Å². The fourth-order valence-corrected chi connectivity index (χ4v) is 2.84. The van der Waals surface area contributed by atoms with Gasteiger partial charge in [0.05, 0.1) is 0 Å². The van der Waals surface area contributed by atoms with Crippen molar-refractivity contribution >= 4 is 5.69 Å². The Hall–Kier alpha value is -1.02. The van der Waals surface area contributed by atoms with Gasteiger partial charge in [0.15, 0.2) is 0 Å². The van der Waals surface area contributed by atoms with Crippen molar-refractivity contribution < 1.29 is 0 Å². The molecule has 2 rings (SSSR count). The van der Waals surface area contributed by atoms with Crippen LogP contribution in [0.15, 0.2) is 24.3 Å². The van der Waals surface area contributed by atoms with Gasteiger partial charge in [-0.25, -0.2) is 0 Å². The van der Waals surface area contributed by atoms with Crippen molar-refractivity contribution in [1.82, 2.24) is 0 Å². The Morgan fingerprint density at radius 1 is 1.22 bits per heavy atom. The molecule has 0 bridgehead atoms. The van der Waals surface area contributed by atoms with Crippen LogP contribution in [-0.2, 0) is 6.42 Å². The molecule has 1 unspecified atom stereocenters. The van der Waals surface area contributed by atoms with Crippen molar-refractivity contribution in [3.8, 4) is 0 Å². The fraction of sp³-hybridized carbons (Fsp3) is 0.625. The largest absolute Gasteiger partial charge is 0.371 e. The third kappa shape index (κ3) is 3.49.